The van der Waals surface area contributed by atoms with Gasteiger partial charge in [0.25, 0.3) is 0 Å². The molecule has 1 N–H and O–H groups in total. The van der Waals surface area contributed by atoms with Gasteiger partial charge in [0.15, 0.2) is 0 Å². The number of rotatable bonds is 2. The number of imidazole rings is 1. The smallest absolute Gasteiger partial charge is 0.114 e. The van der Waals surface area contributed by atoms with Crippen molar-refractivity contribution in [3.63, 3.8) is 0 Å². The number of aliphatic hydroxyl groups is 1. The van der Waals surface area contributed by atoms with Gasteiger partial charge in [0.2, 0.25) is 0 Å². The molecule has 0 amide bonds. The van der Waals surface area contributed by atoms with Crippen LogP contribution in [0.5, 0.6) is 0 Å². The molecule has 1 fully saturated rings. The fourth-order valence-electron chi connectivity index (χ4n) is 2.16. The lowest BCUT2D eigenvalue weighted by Gasteiger charge is -2.14. The zero-order valence-corrected chi connectivity index (χ0v) is 7.98. The first-order chi connectivity index (χ1) is 6.33. The number of aromatic nitrogens is 2. The monoisotopic (exact) mass is 180 g/mol. The van der Waals surface area contributed by atoms with Crippen LogP contribution in [-0.4, -0.2) is 20.8 Å². The lowest BCUT2D eigenvalue weighted by Crippen LogP contribution is -2.16. The lowest BCUT2D eigenvalue weighted by atomic mass is 10.1. The maximum atomic E-state index is 9.73. The Labute approximate surface area is 78.4 Å². The third kappa shape index (κ3) is 1.48. The van der Waals surface area contributed by atoms with Crippen LogP contribution in [0.25, 0.3) is 0 Å². The van der Waals surface area contributed by atoms with E-state index in [-0.39, 0.29) is 12.0 Å². The van der Waals surface area contributed by atoms with E-state index < -0.39 is 0 Å². The van der Waals surface area contributed by atoms with Crippen LogP contribution in [0.4, 0.5) is 0 Å². The van der Waals surface area contributed by atoms with Gasteiger partial charge >= 0.3 is 0 Å². The maximum absolute atomic E-state index is 9.73. The van der Waals surface area contributed by atoms with E-state index in [0.717, 1.165) is 31.6 Å². The van der Waals surface area contributed by atoms with Crippen LogP contribution in [0.3, 0.4) is 0 Å². The third-order valence-corrected chi connectivity index (χ3v) is 2.90. The van der Waals surface area contributed by atoms with Crippen molar-refractivity contribution >= 4 is 0 Å². The Morgan fingerprint density at radius 1 is 1.62 bits per heavy atom. The van der Waals surface area contributed by atoms with Crippen LogP contribution in [-0.2, 0) is 6.54 Å². The van der Waals surface area contributed by atoms with E-state index in [4.69, 9.17) is 0 Å². The first-order valence-electron chi connectivity index (χ1n) is 5.02. The molecule has 3 nitrogen and oxygen atoms in total. The SMILES string of the molecule is CCn1ccnc1C1CCCC1O. The van der Waals surface area contributed by atoms with Crippen molar-refractivity contribution in [2.45, 2.75) is 44.8 Å². The summed E-state index contributed by atoms with van der Waals surface area (Å²) in [5.74, 6) is 1.34. The van der Waals surface area contributed by atoms with Crippen LogP contribution in [0.15, 0.2) is 12.4 Å². The summed E-state index contributed by atoms with van der Waals surface area (Å²) in [7, 11) is 0. The Kier molecular flexibility index (Phi) is 2.36. The molecule has 0 spiro atoms. The molecule has 1 aromatic heterocycles. The van der Waals surface area contributed by atoms with E-state index in [1.807, 2.05) is 12.4 Å². The molecule has 13 heavy (non-hydrogen) atoms. The van der Waals surface area contributed by atoms with Gasteiger partial charge in [-0.2, -0.15) is 0 Å². The number of nitrogens with zero attached hydrogens (tertiary/aromatic N) is 2. The van der Waals surface area contributed by atoms with E-state index in [0.29, 0.717) is 0 Å². The largest absolute Gasteiger partial charge is 0.392 e. The topological polar surface area (TPSA) is 38.0 Å². The zero-order valence-electron chi connectivity index (χ0n) is 7.98. The summed E-state index contributed by atoms with van der Waals surface area (Å²) < 4.78 is 2.12. The predicted octanol–water partition coefficient (Wildman–Crippen LogP) is 1.53. The van der Waals surface area contributed by atoms with Crippen LogP contribution < -0.4 is 0 Å². The average Bonchev–Trinajstić information content (AvgIpc) is 2.71. The van der Waals surface area contributed by atoms with Crippen molar-refractivity contribution in [3.05, 3.63) is 18.2 Å². The molecular weight excluding hydrogens is 164 g/mol. The van der Waals surface area contributed by atoms with Crippen LogP contribution >= 0.6 is 0 Å². The van der Waals surface area contributed by atoms with Gasteiger partial charge in [-0.3, -0.25) is 0 Å². The molecule has 0 bridgehead atoms. The highest BCUT2D eigenvalue weighted by atomic mass is 16.3. The molecule has 1 heterocycles. The summed E-state index contributed by atoms with van der Waals surface area (Å²) in [5.41, 5.74) is 0. The van der Waals surface area contributed by atoms with Crippen molar-refractivity contribution in [1.82, 2.24) is 9.55 Å². The Morgan fingerprint density at radius 3 is 3.08 bits per heavy atom. The van der Waals surface area contributed by atoms with Gasteiger partial charge in [-0.05, 0) is 19.8 Å². The summed E-state index contributed by atoms with van der Waals surface area (Å²) in [6.45, 7) is 3.05. The van der Waals surface area contributed by atoms with Gasteiger partial charge in [-0.1, -0.05) is 6.42 Å². The molecule has 3 heteroatoms. The molecule has 72 valence electrons. The summed E-state index contributed by atoms with van der Waals surface area (Å²) in [6, 6.07) is 0. The molecule has 1 aromatic rings. The molecule has 1 aliphatic carbocycles. The molecule has 2 rings (SSSR count). The van der Waals surface area contributed by atoms with Crippen molar-refractivity contribution < 1.29 is 5.11 Å². The van der Waals surface area contributed by atoms with E-state index in [2.05, 4.69) is 16.5 Å². The molecule has 0 aromatic carbocycles. The minimum absolute atomic E-state index is 0.173. The highest BCUT2D eigenvalue weighted by Crippen LogP contribution is 2.33. The molecule has 0 aliphatic heterocycles. The van der Waals surface area contributed by atoms with Gasteiger partial charge in [0.05, 0.1) is 6.10 Å². The number of hydrogen-bond donors (Lipinski definition) is 1. The minimum atomic E-state index is -0.173. The Hall–Kier alpha value is -0.830. The van der Waals surface area contributed by atoms with Crippen molar-refractivity contribution in [2.75, 3.05) is 0 Å². The minimum Gasteiger partial charge on any atom is -0.392 e. The van der Waals surface area contributed by atoms with Crippen molar-refractivity contribution in [1.29, 1.82) is 0 Å². The highest BCUT2D eigenvalue weighted by molar-refractivity contribution is 5.05. The van der Waals surface area contributed by atoms with Crippen LogP contribution in [0.2, 0.25) is 0 Å². The fraction of sp³-hybridized carbons (Fsp3) is 0.700. The van der Waals surface area contributed by atoms with E-state index in [1.165, 1.54) is 0 Å². The van der Waals surface area contributed by atoms with Crippen LogP contribution in [0.1, 0.15) is 37.9 Å². The molecule has 1 saturated carbocycles. The lowest BCUT2D eigenvalue weighted by molar-refractivity contribution is 0.159. The number of aliphatic hydroxyl groups excluding tert-OH is 1. The zero-order chi connectivity index (χ0) is 9.26. The molecule has 2 unspecified atom stereocenters. The molecule has 0 saturated heterocycles. The second-order valence-electron chi connectivity index (χ2n) is 3.68. The molecule has 1 aliphatic rings. The molecular formula is C10H16N2O. The van der Waals surface area contributed by atoms with E-state index in [9.17, 15) is 5.11 Å². The maximum Gasteiger partial charge on any atom is 0.114 e. The third-order valence-electron chi connectivity index (χ3n) is 2.90. The van der Waals surface area contributed by atoms with Gasteiger partial charge in [-0.15, -0.1) is 0 Å². The van der Waals surface area contributed by atoms with Crippen molar-refractivity contribution in [3.8, 4) is 0 Å². The Balaban J connectivity index is 2.23. The first kappa shape index (κ1) is 8.75. The summed E-state index contributed by atoms with van der Waals surface area (Å²) >= 11 is 0. The summed E-state index contributed by atoms with van der Waals surface area (Å²) in [6.07, 6.45) is 6.78. The summed E-state index contributed by atoms with van der Waals surface area (Å²) in [4.78, 5) is 4.32. The standard InChI is InChI=1S/C10H16N2O/c1-2-12-7-6-11-10(12)8-4-3-5-9(8)13/h6-9,13H,2-5H2,1H3. The van der Waals surface area contributed by atoms with Crippen LogP contribution in [0, 0.1) is 0 Å². The quantitative estimate of drug-likeness (QED) is 0.749. The second kappa shape index (κ2) is 3.50. The normalized spacial score (nSPS) is 28.2. The molecule has 2 atom stereocenters. The van der Waals surface area contributed by atoms with E-state index >= 15 is 0 Å². The fourth-order valence-corrected chi connectivity index (χ4v) is 2.16. The Bertz CT molecular complexity index is 282. The second-order valence-corrected chi connectivity index (χ2v) is 3.68. The first-order valence-corrected chi connectivity index (χ1v) is 5.02. The van der Waals surface area contributed by atoms with E-state index in [1.54, 1.807) is 0 Å². The average molecular weight is 180 g/mol. The number of hydrogen-bond acceptors (Lipinski definition) is 2. The van der Waals surface area contributed by atoms with Gasteiger partial charge in [0.1, 0.15) is 5.82 Å². The highest BCUT2D eigenvalue weighted by Gasteiger charge is 2.29. The van der Waals surface area contributed by atoms with Gasteiger partial charge < -0.3 is 9.67 Å². The van der Waals surface area contributed by atoms with Crippen molar-refractivity contribution in [2.24, 2.45) is 0 Å². The molecule has 0 radical (unpaired) electrons. The van der Waals surface area contributed by atoms with Gasteiger partial charge in [-0.25, -0.2) is 4.98 Å². The predicted molar refractivity (Wildman–Crippen MR) is 50.5 cm³/mol. The Morgan fingerprint density at radius 2 is 2.46 bits per heavy atom. The number of aryl methyl sites for hydroxylation is 1. The summed E-state index contributed by atoms with van der Waals surface area (Å²) in [5, 5.41) is 9.73. The van der Waals surface area contributed by atoms with Gasteiger partial charge in [0, 0.05) is 24.9 Å².